The molecular formula is C14H20N2O6S. The Bertz CT molecular complexity index is 706. The highest BCUT2D eigenvalue weighted by molar-refractivity contribution is 7.92. The van der Waals surface area contributed by atoms with Crippen LogP contribution < -0.4 is 10.1 Å². The van der Waals surface area contributed by atoms with Gasteiger partial charge in [0, 0.05) is 18.2 Å². The molecule has 0 radical (unpaired) electrons. The summed E-state index contributed by atoms with van der Waals surface area (Å²) in [5.74, 6) is -0.748. The normalized spacial score (nSPS) is 11.8. The molecule has 0 unspecified atom stereocenters. The van der Waals surface area contributed by atoms with Crippen LogP contribution in [0.2, 0.25) is 0 Å². The Morgan fingerprint density at radius 2 is 1.96 bits per heavy atom. The molecule has 1 rings (SSSR count). The molecule has 0 saturated heterocycles. The van der Waals surface area contributed by atoms with E-state index in [1.807, 2.05) is 0 Å². The third-order valence-electron chi connectivity index (χ3n) is 3.23. The number of amides is 1. The van der Waals surface area contributed by atoms with E-state index in [4.69, 9.17) is 4.74 Å². The van der Waals surface area contributed by atoms with Crippen LogP contribution in [0, 0.1) is 10.1 Å². The van der Waals surface area contributed by atoms with Gasteiger partial charge in [0.25, 0.3) is 5.91 Å². The molecule has 0 fully saturated rings. The van der Waals surface area contributed by atoms with Gasteiger partial charge in [0.2, 0.25) is 0 Å². The maximum absolute atomic E-state index is 12.0. The van der Waals surface area contributed by atoms with Crippen molar-refractivity contribution in [2.75, 3.05) is 19.4 Å². The number of benzene rings is 1. The summed E-state index contributed by atoms with van der Waals surface area (Å²) in [5, 5.41) is 13.4. The monoisotopic (exact) mass is 344 g/mol. The van der Waals surface area contributed by atoms with Gasteiger partial charge in [-0.2, -0.15) is 0 Å². The summed E-state index contributed by atoms with van der Waals surface area (Å²) in [5.41, 5.74) is -0.270. The standard InChI is InChI=1S/C14H20N2O6S/c1-14(2,3)23(20,21)8-7-15-13(17)10-5-6-12(22-4)11(9-10)16(18)19/h5-6,9H,7-8H2,1-4H3,(H,15,17). The number of nitro groups is 1. The quantitative estimate of drug-likeness (QED) is 0.618. The minimum absolute atomic E-state index is 0.0434. The van der Waals surface area contributed by atoms with Crippen molar-refractivity contribution >= 4 is 21.4 Å². The number of carbonyl (C=O) groups is 1. The van der Waals surface area contributed by atoms with Crippen LogP contribution in [-0.2, 0) is 9.84 Å². The van der Waals surface area contributed by atoms with Crippen molar-refractivity contribution in [2.24, 2.45) is 0 Å². The summed E-state index contributed by atoms with van der Waals surface area (Å²) in [6, 6.07) is 3.78. The lowest BCUT2D eigenvalue weighted by molar-refractivity contribution is -0.385. The first-order valence-electron chi connectivity index (χ1n) is 6.82. The van der Waals surface area contributed by atoms with E-state index in [0.29, 0.717) is 0 Å². The first-order chi connectivity index (χ1) is 10.5. The minimum atomic E-state index is -3.35. The maximum Gasteiger partial charge on any atom is 0.311 e. The van der Waals surface area contributed by atoms with E-state index in [9.17, 15) is 23.3 Å². The van der Waals surface area contributed by atoms with Crippen LogP contribution in [0.1, 0.15) is 31.1 Å². The number of rotatable bonds is 6. The minimum Gasteiger partial charge on any atom is -0.490 e. The van der Waals surface area contributed by atoms with Crippen molar-refractivity contribution in [3.8, 4) is 5.75 Å². The number of methoxy groups -OCH3 is 1. The second kappa shape index (κ2) is 6.95. The summed E-state index contributed by atoms with van der Waals surface area (Å²) < 4.78 is 27.8. The molecule has 23 heavy (non-hydrogen) atoms. The Morgan fingerprint density at radius 1 is 1.35 bits per heavy atom. The first-order valence-corrected chi connectivity index (χ1v) is 8.48. The van der Waals surface area contributed by atoms with Crippen LogP contribution in [0.25, 0.3) is 0 Å². The molecule has 1 N–H and O–H groups in total. The molecule has 1 aromatic rings. The fourth-order valence-electron chi connectivity index (χ4n) is 1.68. The first kappa shape index (κ1) is 18.9. The average molecular weight is 344 g/mol. The fraction of sp³-hybridized carbons (Fsp3) is 0.500. The summed E-state index contributed by atoms with van der Waals surface area (Å²) in [4.78, 5) is 22.3. The van der Waals surface area contributed by atoms with Crippen LogP contribution >= 0.6 is 0 Å². The zero-order valence-corrected chi connectivity index (χ0v) is 14.3. The van der Waals surface area contributed by atoms with Crippen LogP contribution in [0.5, 0.6) is 5.75 Å². The largest absolute Gasteiger partial charge is 0.490 e. The Morgan fingerprint density at radius 3 is 2.43 bits per heavy atom. The lowest BCUT2D eigenvalue weighted by Gasteiger charge is -2.19. The van der Waals surface area contributed by atoms with Gasteiger partial charge < -0.3 is 10.1 Å². The van der Waals surface area contributed by atoms with Gasteiger partial charge in [-0.15, -0.1) is 0 Å². The molecule has 9 heteroatoms. The van der Waals surface area contributed by atoms with Crippen LogP contribution in [0.3, 0.4) is 0 Å². The number of nitrogens with zero attached hydrogens (tertiary/aromatic N) is 1. The summed E-state index contributed by atoms with van der Waals surface area (Å²) >= 11 is 0. The molecule has 0 aliphatic carbocycles. The lowest BCUT2D eigenvalue weighted by atomic mass is 10.1. The van der Waals surface area contributed by atoms with E-state index in [1.165, 1.54) is 19.2 Å². The van der Waals surface area contributed by atoms with E-state index in [0.717, 1.165) is 6.07 Å². The Hall–Kier alpha value is -2.16. The van der Waals surface area contributed by atoms with Gasteiger partial charge in [-0.1, -0.05) is 0 Å². The number of sulfone groups is 1. The SMILES string of the molecule is COc1ccc(C(=O)NCCS(=O)(=O)C(C)(C)C)cc1[N+](=O)[O-]. The second-order valence-corrected chi connectivity index (χ2v) is 8.69. The summed E-state index contributed by atoms with van der Waals surface area (Å²) in [6.45, 7) is 4.67. The Balaban J connectivity index is 2.80. The van der Waals surface area contributed by atoms with Crippen LogP contribution in [-0.4, -0.2) is 43.4 Å². The molecule has 0 aromatic heterocycles. The molecular weight excluding hydrogens is 324 g/mol. The second-order valence-electron chi connectivity index (χ2n) is 5.83. The average Bonchev–Trinajstić information content (AvgIpc) is 2.44. The fourth-order valence-corrected chi connectivity index (χ4v) is 2.66. The van der Waals surface area contributed by atoms with E-state index in [-0.39, 0.29) is 29.3 Å². The molecule has 0 spiro atoms. The molecule has 0 bridgehead atoms. The molecule has 8 nitrogen and oxygen atoms in total. The zero-order valence-electron chi connectivity index (χ0n) is 13.5. The number of nitrogens with one attached hydrogen (secondary N) is 1. The molecule has 0 atom stereocenters. The topological polar surface area (TPSA) is 116 Å². The van der Waals surface area contributed by atoms with Crippen molar-refractivity contribution < 1.29 is 22.9 Å². The summed E-state index contributed by atoms with van der Waals surface area (Å²) in [7, 11) is -2.06. The number of carbonyl (C=O) groups excluding carboxylic acids is 1. The van der Waals surface area contributed by atoms with Gasteiger partial charge in [-0.05, 0) is 32.9 Å². The molecule has 128 valence electrons. The Labute approximate surface area is 134 Å². The smallest absolute Gasteiger partial charge is 0.311 e. The molecule has 0 aliphatic rings. The van der Waals surface area contributed by atoms with Crippen molar-refractivity contribution in [1.82, 2.24) is 5.32 Å². The zero-order chi connectivity index (χ0) is 17.8. The van der Waals surface area contributed by atoms with Gasteiger partial charge in [-0.25, -0.2) is 8.42 Å². The molecule has 0 aliphatic heterocycles. The highest BCUT2D eigenvalue weighted by atomic mass is 32.2. The number of nitro benzene ring substituents is 1. The predicted molar refractivity (Wildman–Crippen MR) is 85.5 cm³/mol. The molecule has 1 aromatic carbocycles. The van der Waals surface area contributed by atoms with E-state index >= 15 is 0 Å². The van der Waals surface area contributed by atoms with E-state index < -0.39 is 25.4 Å². The summed E-state index contributed by atoms with van der Waals surface area (Å²) in [6.07, 6.45) is 0. The molecule has 0 saturated carbocycles. The van der Waals surface area contributed by atoms with Crippen LogP contribution in [0.4, 0.5) is 5.69 Å². The molecule has 1 amide bonds. The van der Waals surface area contributed by atoms with Crippen LogP contribution in [0.15, 0.2) is 18.2 Å². The van der Waals surface area contributed by atoms with Crippen molar-refractivity contribution in [3.63, 3.8) is 0 Å². The number of hydrogen-bond acceptors (Lipinski definition) is 6. The van der Waals surface area contributed by atoms with Gasteiger partial charge >= 0.3 is 5.69 Å². The predicted octanol–water partition coefficient (Wildman–Crippen LogP) is 1.55. The van der Waals surface area contributed by atoms with Gasteiger partial charge in [0.05, 0.1) is 22.5 Å². The van der Waals surface area contributed by atoms with E-state index in [1.54, 1.807) is 20.8 Å². The highest BCUT2D eigenvalue weighted by Gasteiger charge is 2.28. The third-order valence-corrected chi connectivity index (χ3v) is 5.83. The van der Waals surface area contributed by atoms with Crippen molar-refractivity contribution in [1.29, 1.82) is 0 Å². The lowest BCUT2D eigenvalue weighted by Crippen LogP contribution is -2.36. The van der Waals surface area contributed by atoms with Gasteiger partial charge in [0.1, 0.15) is 0 Å². The molecule has 0 heterocycles. The maximum atomic E-state index is 12.0. The Kier molecular flexibility index (Phi) is 5.70. The van der Waals surface area contributed by atoms with E-state index in [2.05, 4.69) is 5.32 Å². The van der Waals surface area contributed by atoms with Crippen molar-refractivity contribution in [2.45, 2.75) is 25.5 Å². The van der Waals surface area contributed by atoms with Gasteiger partial charge in [-0.3, -0.25) is 14.9 Å². The third kappa shape index (κ3) is 4.65. The van der Waals surface area contributed by atoms with Crippen molar-refractivity contribution in [3.05, 3.63) is 33.9 Å². The number of ether oxygens (including phenoxy) is 1. The van der Waals surface area contributed by atoms with Gasteiger partial charge in [0.15, 0.2) is 15.6 Å². The number of hydrogen-bond donors (Lipinski definition) is 1. The highest BCUT2D eigenvalue weighted by Crippen LogP contribution is 2.27.